The molecule has 0 fully saturated rings. The molecule has 3 rings (SSSR count). The number of methoxy groups -OCH3 is 1. The number of benzene rings is 3. The van der Waals surface area contributed by atoms with Crippen molar-refractivity contribution >= 4 is 40.8 Å². The first-order chi connectivity index (χ1) is 14.4. The molecule has 152 valence electrons. The van der Waals surface area contributed by atoms with E-state index in [4.69, 9.17) is 11.6 Å². The summed E-state index contributed by atoms with van der Waals surface area (Å²) in [6.07, 6.45) is 0. The molecule has 0 aliphatic rings. The van der Waals surface area contributed by atoms with Crippen LogP contribution in [0.4, 0.5) is 15.8 Å². The van der Waals surface area contributed by atoms with Crippen LogP contribution in [0, 0.1) is 5.82 Å². The van der Waals surface area contributed by atoms with Gasteiger partial charge in [-0.2, -0.15) is 0 Å². The van der Waals surface area contributed by atoms with Gasteiger partial charge in [-0.05, 0) is 54.6 Å². The van der Waals surface area contributed by atoms with Crippen LogP contribution in [0.3, 0.4) is 0 Å². The van der Waals surface area contributed by atoms with Crippen LogP contribution >= 0.6 is 11.6 Å². The summed E-state index contributed by atoms with van der Waals surface area (Å²) < 4.78 is 17.9. The third-order valence-corrected chi connectivity index (χ3v) is 4.40. The molecule has 0 saturated carbocycles. The van der Waals surface area contributed by atoms with E-state index in [1.807, 2.05) is 0 Å². The number of hydrogen-bond acceptors (Lipinski definition) is 4. The molecule has 0 heterocycles. The van der Waals surface area contributed by atoms with Crippen LogP contribution in [-0.4, -0.2) is 24.9 Å². The second kappa shape index (κ2) is 9.19. The minimum atomic E-state index is -0.587. The fraction of sp³-hybridized carbons (Fsp3) is 0.0455. The molecule has 0 aliphatic heterocycles. The fourth-order valence-corrected chi connectivity index (χ4v) is 2.80. The molecule has 0 atom stereocenters. The summed E-state index contributed by atoms with van der Waals surface area (Å²) in [5, 5.41) is 5.18. The largest absolute Gasteiger partial charge is 0.465 e. The molecule has 0 unspecified atom stereocenters. The Bertz CT molecular complexity index is 1130. The van der Waals surface area contributed by atoms with Crippen molar-refractivity contribution in [2.24, 2.45) is 0 Å². The molecular formula is C22H16ClFN2O4. The summed E-state index contributed by atoms with van der Waals surface area (Å²) in [5.41, 5.74) is 1.50. The molecule has 0 saturated heterocycles. The molecule has 0 spiro atoms. The van der Waals surface area contributed by atoms with E-state index in [1.54, 1.807) is 30.3 Å². The van der Waals surface area contributed by atoms with Gasteiger partial charge < -0.3 is 15.4 Å². The van der Waals surface area contributed by atoms with Gasteiger partial charge in [0.15, 0.2) is 0 Å². The SMILES string of the molecule is COC(=O)c1cccc(C(=O)Nc2cccc(C(=O)Nc3ccc(F)c(Cl)c3)c2)c1. The maximum atomic E-state index is 13.3. The number of ether oxygens (including phenoxy) is 1. The minimum absolute atomic E-state index is 0.108. The number of anilines is 2. The highest BCUT2D eigenvalue weighted by atomic mass is 35.5. The van der Waals surface area contributed by atoms with E-state index in [0.29, 0.717) is 11.4 Å². The first kappa shape index (κ1) is 21.0. The van der Waals surface area contributed by atoms with Crippen LogP contribution in [-0.2, 0) is 4.74 Å². The molecule has 0 aromatic heterocycles. The van der Waals surface area contributed by atoms with Crippen LogP contribution in [0.2, 0.25) is 5.02 Å². The smallest absolute Gasteiger partial charge is 0.337 e. The van der Waals surface area contributed by atoms with Crippen LogP contribution in [0.5, 0.6) is 0 Å². The average Bonchev–Trinajstić information content (AvgIpc) is 2.76. The summed E-state index contributed by atoms with van der Waals surface area (Å²) in [6, 6.07) is 16.2. The van der Waals surface area contributed by atoms with Crippen molar-refractivity contribution in [2.75, 3.05) is 17.7 Å². The Morgan fingerprint density at radius 2 is 1.37 bits per heavy atom. The summed E-state index contributed by atoms with van der Waals surface area (Å²) in [4.78, 5) is 36.6. The quantitative estimate of drug-likeness (QED) is 0.575. The van der Waals surface area contributed by atoms with Crippen molar-refractivity contribution in [3.8, 4) is 0 Å². The lowest BCUT2D eigenvalue weighted by atomic mass is 10.1. The summed E-state index contributed by atoms with van der Waals surface area (Å²) >= 11 is 5.72. The van der Waals surface area contributed by atoms with E-state index in [-0.39, 0.29) is 21.7 Å². The van der Waals surface area contributed by atoms with E-state index in [2.05, 4.69) is 15.4 Å². The van der Waals surface area contributed by atoms with Crippen molar-refractivity contribution in [2.45, 2.75) is 0 Å². The second-order valence-electron chi connectivity index (χ2n) is 6.19. The lowest BCUT2D eigenvalue weighted by Crippen LogP contribution is -2.15. The van der Waals surface area contributed by atoms with E-state index in [1.165, 1.54) is 37.4 Å². The van der Waals surface area contributed by atoms with Crippen molar-refractivity contribution < 1.29 is 23.5 Å². The van der Waals surface area contributed by atoms with Crippen molar-refractivity contribution in [3.63, 3.8) is 0 Å². The van der Waals surface area contributed by atoms with Gasteiger partial charge >= 0.3 is 5.97 Å². The van der Waals surface area contributed by atoms with Gasteiger partial charge in [-0.25, -0.2) is 9.18 Å². The van der Waals surface area contributed by atoms with E-state index in [9.17, 15) is 18.8 Å². The standard InChI is InChI=1S/C22H16ClFN2O4/c1-30-22(29)15-6-2-4-13(10-15)20(27)25-16-7-3-5-14(11-16)21(28)26-17-8-9-19(24)18(23)12-17/h2-12H,1H3,(H,25,27)(H,26,28). The summed E-state index contributed by atoms with van der Waals surface area (Å²) in [6.45, 7) is 0. The summed E-state index contributed by atoms with van der Waals surface area (Å²) in [5.74, 6) is -2.05. The predicted octanol–water partition coefficient (Wildman–Crippen LogP) is 4.77. The highest BCUT2D eigenvalue weighted by molar-refractivity contribution is 6.31. The van der Waals surface area contributed by atoms with Gasteiger partial charge in [0.05, 0.1) is 17.7 Å². The molecule has 0 bridgehead atoms. The molecule has 0 radical (unpaired) electrons. The number of esters is 1. The normalized spacial score (nSPS) is 10.2. The Morgan fingerprint density at radius 3 is 2.00 bits per heavy atom. The molecule has 2 amide bonds. The Hall–Kier alpha value is -3.71. The maximum absolute atomic E-state index is 13.3. The molecule has 6 nitrogen and oxygen atoms in total. The Morgan fingerprint density at radius 1 is 0.800 bits per heavy atom. The van der Waals surface area contributed by atoms with E-state index < -0.39 is 23.6 Å². The third kappa shape index (κ3) is 5.01. The van der Waals surface area contributed by atoms with Gasteiger partial charge in [0.1, 0.15) is 5.82 Å². The fourth-order valence-electron chi connectivity index (χ4n) is 2.62. The average molecular weight is 427 g/mol. The van der Waals surface area contributed by atoms with Gasteiger partial charge in [-0.1, -0.05) is 23.7 Å². The van der Waals surface area contributed by atoms with E-state index >= 15 is 0 Å². The van der Waals surface area contributed by atoms with Crippen LogP contribution < -0.4 is 10.6 Å². The molecule has 30 heavy (non-hydrogen) atoms. The first-order valence-electron chi connectivity index (χ1n) is 8.73. The molecule has 2 N–H and O–H groups in total. The predicted molar refractivity (Wildman–Crippen MR) is 112 cm³/mol. The highest BCUT2D eigenvalue weighted by Gasteiger charge is 2.13. The number of amides is 2. The Labute approximate surface area is 176 Å². The Kier molecular flexibility index (Phi) is 6.44. The Balaban J connectivity index is 1.73. The van der Waals surface area contributed by atoms with Crippen LogP contribution in [0.1, 0.15) is 31.1 Å². The third-order valence-electron chi connectivity index (χ3n) is 4.11. The highest BCUT2D eigenvalue weighted by Crippen LogP contribution is 2.20. The monoisotopic (exact) mass is 426 g/mol. The number of carbonyl (C=O) groups excluding carboxylic acids is 3. The second-order valence-corrected chi connectivity index (χ2v) is 6.60. The van der Waals surface area contributed by atoms with Gasteiger partial charge in [-0.15, -0.1) is 0 Å². The summed E-state index contributed by atoms with van der Waals surface area (Å²) in [7, 11) is 1.26. The number of halogens is 2. The van der Waals surface area contributed by atoms with Gasteiger partial charge in [0.25, 0.3) is 11.8 Å². The zero-order valence-corrected chi connectivity index (χ0v) is 16.5. The van der Waals surface area contributed by atoms with Gasteiger partial charge in [-0.3, -0.25) is 9.59 Å². The molecular weight excluding hydrogens is 411 g/mol. The van der Waals surface area contributed by atoms with Crippen molar-refractivity contribution in [3.05, 3.63) is 94.3 Å². The van der Waals surface area contributed by atoms with Gasteiger partial charge in [0.2, 0.25) is 0 Å². The number of rotatable bonds is 5. The van der Waals surface area contributed by atoms with Crippen molar-refractivity contribution in [1.29, 1.82) is 0 Å². The molecule has 3 aromatic carbocycles. The molecule has 8 heteroatoms. The van der Waals surface area contributed by atoms with Crippen molar-refractivity contribution in [1.82, 2.24) is 0 Å². The van der Waals surface area contributed by atoms with Crippen LogP contribution in [0.15, 0.2) is 66.7 Å². The topological polar surface area (TPSA) is 84.5 Å². The first-order valence-corrected chi connectivity index (χ1v) is 9.11. The minimum Gasteiger partial charge on any atom is -0.465 e. The van der Waals surface area contributed by atoms with E-state index in [0.717, 1.165) is 6.07 Å². The van der Waals surface area contributed by atoms with Crippen LogP contribution in [0.25, 0.3) is 0 Å². The number of hydrogen-bond donors (Lipinski definition) is 2. The lowest BCUT2D eigenvalue weighted by Gasteiger charge is -2.09. The maximum Gasteiger partial charge on any atom is 0.337 e. The molecule has 0 aliphatic carbocycles. The van der Waals surface area contributed by atoms with Gasteiger partial charge in [0, 0.05) is 22.5 Å². The number of carbonyl (C=O) groups is 3. The zero-order chi connectivity index (χ0) is 21.7. The zero-order valence-electron chi connectivity index (χ0n) is 15.7. The molecule has 3 aromatic rings. The lowest BCUT2D eigenvalue weighted by molar-refractivity contribution is 0.0600. The number of nitrogens with one attached hydrogen (secondary N) is 2.